The van der Waals surface area contributed by atoms with Gasteiger partial charge in [0.25, 0.3) is 5.91 Å². The zero-order valence-corrected chi connectivity index (χ0v) is 12.7. The van der Waals surface area contributed by atoms with Crippen LogP contribution in [0.25, 0.3) is 11.0 Å². The van der Waals surface area contributed by atoms with Crippen LogP contribution in [0.1, 0.15) is 26.3 Å². The number of nitrogens with one attached hydrogen (secondary N) is 2. The van der Waals surface area contributed by atoms with Crippen LogP contribution in [0.15, 0.2) is 42.5 Å². The van der Waals surface area contributed by atoms with Gasteiger partial charge in [-0.25, -0.2) is 9.78 Å². The maximum Gasteiger partial charge on any atom is 0.337 e. The molecular weight excluding hydrogens is 294 g/mol. The number of fused-ring (bicyclic) bond motifs is 1. The SMILES string of the molecule is COC(=O)c1ccc2nc(NC(=O)c3cccc(C)c3)[nH]c2c1. The summed E-state index contributed by atoms with van der Waals surface area (Å²) in [4.78, 5) is 31.0. The Kier molecular flexibility index (Phi) is 3.80. The summed E-state index contributed by atoms with van der Waals surface area (Å²) in [5.41, 5.74) is 3.27. The molecule has 2 aromatic carbocycles. The maximum atomic E-state index is 12.2. The molecule has 2 N–H and O–H groups in total. The number of carbonyl (C=O) groups excluding carboxylic acids is 2. The number of anilines is 1. The highest BCUT2D eigenvalue weighted by Crippen LogP contribution is 2.17. The van der Waals surface area contributed by atoms with Gasteiger partial charge in [0.2, 0.25) is 5.95 Å². The van der Waals surface area contributed by atoms with E-state index in [2.05, 4.69) is 20.0 Å². The lowest BCUT2D eigenvalue weighted by Crippen LogP contribution is -2.12. The lowest BCUT2D eigenvalue weighted by molar-refractivity contribution is 0.0600. The van der Waals surface area contributed by atoms with Gasteiger partial charge in [-0.15, -0.1) is 0 Å². The van der Waals surface area contributed by atoms with Crippen LogP contribution >= 0.6 is 0 Å². The predicted octanol–water partition coefficient (Wildman–Crippen LogP) is 2.91. The monoisotopic (exact) mass is 309 g/mol. The summed E-state index contributed by atoms with van der Waals surface area (Å²) in [6.45, 7) is 1.92. The van der Waals surface area contributed by atoms with Gasteiger partial charge >= 0.3 is 5.97 Å². The number of benzene rings is 2. The summed E-state index contributed by atoms with van der Waals surface area (Å²) in [6.07, 6.45) is 0. The molecule has 0 radical (unpaired) electrons. The largest absolute Gasteiger partial charge is 0.465 e. The summed E-state index contributed by atoms with van der Waals surface area (Å²) < 4.78 is 4.68. The van der Waals surface area contributed by atoms with Gasteiger partial charge in [0.05, 0.1) is 23.7 Å². The standard InChI is InChI=1S/C17H15N3O3/c1-10-4-3-5-11(8-10)15(21)20-17-18-13-7-6-12(16(22)23-2)9-14(13)19-17/h3-9H,1-2H3,(H2,18,19,20,21). The Hall–Kier alpha value is -3.15. The minimum absolute atomic E-state index is 0.249. The zero-order chi connectivity index (χ0) is 16.4. The number of hydrogen-bond acceptors (Lipinski definition) is 4. The van der Waals surface area contributed by atoms with E-state index in [0.29, 0.717) is 28.1 Å². The van der Waals surface area contributed by atoms with Crippen molar-refractivity contribution in [3.8, 4) is 0 Å². The molecule has 116 valence electrons. The quantitative estimate of drug-likeness (QED) is 0.729. The number of nitrogens with zero attached hydrogens (tertiary/aromatic N) is 1. The molecule has 0 bridgehead atoms. The van der Waals surface area contributed by atoms with Gasteiger partial charge in [0, 0.05) is 5.56 Å². The lowest BCUT2D eigenvalue weighted by Gasteiger charge is -2.02. The number of ether oxygens (including phenoxy) is 1. The molecule has 0 saturated heterocycles. The summed E-state index contributed by atoms with van der Waals surface area (Å²) in [5, 5.41) is 2.72. The van der Waals surface area contributed by atoms with Crippen molar-refractivity contribution in [2.75, 3.05) is 12.4 Å². The van der Waals surface area contributed by atoms with Crippen LogP contribution in [0, 0.1) is 6.92 Å². The second-order valence-corrected chi connectivity index (χ2v) is 5.13. The van der Waals surface area contributed by atoms with Crippen molar-refractivity contribution < 1.29 is 14.3 Å². The van der Waals surface area contributed by atoms with E-state index in [1.165, 1.54) is 7.11 Å². The molecule has 3 rings (SSSR count). The van der Waals surface area contributed by atoms with Crippen molar-refractivity contribution in [3.05, 3.63) is 59.2 Å². The molecule has 0 spiro atoms. The van der Waals surface area contributed by atoms with E-state index in [0.717, 1.165) is 5.56 Å². The van der Waals surface area contributed by atoms with Crippen LogP contribution < -0.4 is 5.32 Å². The molecule has 0 aliphatic rings. The molecule has 1 aromatic heterocycles. The summed E-state index contributed by atoms with van der Waals surface area (Å²) >= 11 is 0. The van der Waals surface area contributed by atoms with E-state index in [9.17, 15) is 9.59 Å². The van der Waals surface area contributed by atoms with Gasteiger partial charge in [0.15, 0.2) is 0 Å². The number of methoxy groups -OCH3 is 1. The molecule has 1 heterocycles. The van der Waals surface area contributed by atoms with Crippen molar-refractivity contribution in [1.29, 1.82) is 0 Å². The smallest absolute Gasteiger partial charge is 0.337 e. The van der Waals surface area contributed by atoms with Crippen molar-refractivity contribution in [2.45, 2.75) is 6.92 Å². The molecule has 0 saturated carbocycles. The van der Waals surface area contributed by atoms with Crippen LogP contribution in [-0.2, 0) is 4.74 Å². The Morgan fingerprint density at radius 2 is 1.96 bits per heavy atom. The first-order valence-corrected chi connectivity index (χ1v) is 7.03. The normalized spacial score (nSPS) is 10.5. The molecule has 0 fully saturated rings. The van der Waals surface area contributed by atoms with Gasteiger partial charge < -0.3 is 9.72 Å². The number of hydrogen-bond donors (Lipinski definition) is 2. The summed E-state index contributed by atoms with van der Waals surface area (Å²) in [5.74, 6) is -0.346. The number of amides is 1. The minimum Gasteiger partial charge on any atom is -0.465 e. The lowest BCUT2D eigenvalue weighted by atomic mass is 10.1. The van der Waals surface area contributed by atoms with E-state index in [1.807, 2.05) is 19.1 Å². The first-order valence-electron chi connectivity index (χ1n) is 7.03. The van der Waals surface area contributed by atoms with E-state index >= 15 is 0 Å². The fourth-order valence-corrected chi connectivity index (χ4v) is 2.28. The van der Waals surface area contributed by atoms with Gasteiger partial charge in [-0.1, -0.05) is 17.7 Å². The first-order chi connectivity index (χ1) is 11.1. The number of esters is 1. The Labute approximate surface area is 132 Å². The Morgan fingerprint density at radius 3 is 2.70 bits per heavy atom. The minimum atomic E-state index is -0.424. The van der Waals surface area contributed by atoms with Crippen molar-refractivity contribution in [2.24, 2.45) is 0 Å². The number of aromatic amines is 1. The molecule has 6 heteroatoms. The second kappa shape index (κ2) is 5.92. The van der Waals surface area contributed by atoms with E-state index in [-0.39, 0.29) is 5.91 Å². The molecule has 0 unspecified atom stereocenters. The highest BCUT2D eigenvalue weighted by Gasteiger charge is 2.11. The van der Waals surface area contributed by atoms with E-state index in [1.54, 1.807) is 30.3 Å². The molecule has 1 amide bonds. The van der Waals surface area contributed by atoms with Crippen molar-refractivity contribution in [1.82, 2.24) is 9.97 Å². The van der Waals surface area contributed by atoms with Gasteiger partial charge in [-0.05, 0) is 37.3 Å². The number of rotatable bonds is 3. The molecular formula is C17H15N3O3. The van der Waals surface area contributed by atoms with E-state index < -0.39 is 5.97 Å². The predicted molar refractivity (Wildman–Crippen MR) is 86.6 cm³/mol. The third kappa shape index (κ3) is 3.06. The third-order valence-electron chi connectivity index (χ3n) is 3.42. The number of carbonyl (C=O) groups is 2. The summed E-state index contributed by atoms with van der Waals surface area (Å²) in [7, 11) is 1.33. The maximum absolute atomic E-state index is 12.2. The number of H-pyrrole nitrogens is 1. The molecule has 0 atom stereocenters. The van der Waals surface area contributed by atoms with Crippen molar-refractivity contribution >= 4 is 28.9 Å². The Morgan fingerprint density at radius 1 is 1.13 bits per heavy atom. The van der Waals surface area contributed by atoms with Crippen LogP contribution in [0.4, 0.5) is 5.95 Å². The molecule has 0 aliphatic carbocycles. The van der Waals surface area contributed by atoms with Gasteiger partial charge in [0.1, 0.15) is 0 Å². The van der Waals surface area contributed by atoms with Crippen molar-refractivity contribution in [3.63, 3.8) is 0 Å². The molecule has 23 heavy (non-hydrogen) atoms. The zero-order valence-electron chi connectivity index (χ0n) is 12.7. The average molecular weight is 309 g/mol. The Bertz CT molecular complexity index is 899. The number of aryl methyl sites for hydroxylation is 1. The second-order valence-electron chi connectivity index (χ2n) is 5.13. The third-order valence-corrected chi connectivity index (χ3v) is 3.42. The number of aromatic nitrogens is 2. The summed E-state index contributed by atoms with van der Waals surface area (Å²) in [6, 6.07) is 12.2. The first kappa shape index (κ1) is 14.8. The van der Waals surface area contributed by atoms with Crippen LogP contribution in [0.2, 0.25) is 0 Å². The number of imidazole rings is 1. The molecule has 3 aromatic rings. The van der Waals surface area contributed by atoms with Crippen LogP contribution in [0.3, 0.4) is 0 Å². The molecule has 0 aliphatic heterocycles. The average Bonchev–Trinajstić information content (AvgIpc) is 2.95. The molecule has 6 nitrogen and oxygen atoms in total. The van der Waals surface area contributed by atoms with E-state index in [4.69, 9.17) is 0 Å². The van der Waals surface area contributed by atoms with Gasteiger partial charge in [-0.3, -0.25) is 10.1 Å². The highest BCUT2D eigenvalue weighted by atomic mass is 16.5. The van der Waals surface area contributed by atoms with Crippen LogP contribution in [-0.4, -0.2) is 29.0 Å². The topological polar surface area (TPSA) is 84.1 Å². The highest BCUT2D eigenvalue weighted by molar-refractivity contribution is 6.04. The Balaban J connectivity index is 1.86. The fraction of sp³-hybridized carbons (Fsp3) is 0.118. The fourth-order valence-electron chi connectivity index (χ4n) is 2.28. The van der Waals surface area contributed by atoms with Crippen LogP contribution in [0.5, 0.6) is 0 Å². The van der Waals surface area contributed by atoms with Gasteiger partial charge in [-0.2, -0.15) is 0 Å².